The van der Waals surface area contributed by atoms with E-state index in [1.807, 2.05) is 0 Å². The van der Waals surface area contributed by atoms with Crippen molar-refractivity contribution in [1.82, 2.24) is 0 Å². The van der Waals surface area contributed by atoms with Crippen LogP contribution in [-0.2, 0) is 28.5 Å². The maximum atomic E-state index is 11.8. The zero-order valence-electron chi connectivity index (χ0n) is 16.3. The van der Waals surface area contributed by atoms with E-state index in [9.17, 15) is 4.79 Å². The Morgan fingerprint density at radius 3 is 2.19 bits per heavy atom. The molecule has 0 spiro atoms. The molecule has 0 bridgehead atoms. The van der Waals surface area contributed by atoms with E-state index in [2.05, 4.69) is 0 Å². The van der Waals surface area contributed by atoms with Crippen LogP contribution in [0.25, 0.3) is 0 Å². The topological polar surface area (TPSA) is 69.8 Å². The fourth-order valence-electron chi connectivity index (χ4n) is 4.54. The van der Waals surface area contributed by atoms with Crippen molar-refractivity contribution in [3.63, 3.8) is 0 Å². The van der Waals surface area contributed by atoms with Crippen molar-refractivity contribution in [3.8, 4) is 0 Å². The zero-order chi connectivity index (χ0) is 18.5. The molecule has 6 heteroatoms. The molecule has 0 radical (unpaired) electrons. The van der Waals surface area contributed by atoms with Gasteiger partial charge in [0.1, 0.15) is 6.79 Å². The Labute approximate surface area is 162 Å². The number of rotatable bonds is 12. The first-order chi connectivity index (χ1) is 13.3. The van der Waals surface area contributed by atoms with Gasteiger partial charge >= 0.3 is 5.97 Å². The van der Waals surface area contributed by atoms with Crippen LogP contribution >= 0.6 is 0 Å². The highest BCUT2D eigenvalue weighted by molar-refractivity contribution is 5.69. The molecule has 154 valence electrons. The molecule has 0 N–H and O–H groups in total. The third kappa shape index (κ3) is 6.41. The van der Waals surface area contributed by atoms with Gasteiger partial charge in [0.25, 0.3) is 0 Å². The molecule has 4 rings (SSSR count). The Hall–Kier alpha value is -0.690. The lowest BCUT2D eigenvalue weighted by Gasteiger charge is -2.18. The fourth-order valence-corrected chi connectivity index (χ4v) is 4.54. The predicted octanol–water partition coefficient (Wildman–Crippen LogP) is 3.22. The van der Waals surface area contributed by atoms with E-state index >= 15 is 0 Å². The van der Waals surface area contributed by atoms with Gasteiger partial charge in [0.2, 0.25) is 0 Å². The van der Waals surface area contributed by atoms with E-state index in [0.29, 0.717) is 62.7 Å². The molecular weight excluding hydrogens is 348 g/mol. The van der Waals surface area contributed by atoms with Crippen LogP contribution in [0.4, 0.5) is 0 Å². The molecule has 0 aromatic carbocycles. The summed E-state index contributed by atoms with van der Waals surface area (Å²) in [6.07, 6.45) is 12.2. The number of epoxide rings is 2. The maximum Gasteiger partial charge on any atom is 0.305 e. The average molecular weight is 382 g/mol. The molecule has 2 aliphatic carbocycles. The first-order valence-electron chi connectivity index (χ1n) is 10.9. The maximum absolute atomic E-state index is 11.8. The summed E-state index contributed by atoms with van der Waals surface area (Å²) in [5, 5.41) is 0. The Morgan fingerprint density at radius 1 is 0.778 bits per heavy atom. The Kier molecular flexibility index (Phi) is 7.03. The highest BCUT2D eigenvalue weighted by atomic mass is 16.7. The van der Waals surface area contributed by atoms with Crippen LogP contribution in [0.3, 0.4) is 0 Å². The second kappa shape index (κ2) is 9.68. The Bertz CT molecular complexity index is 483. The number of fused-ring (bicyclic) bond motifs is 2. The molecule has 0 amide bonds. The van der Waals surface area contributed by atoms with E-state index in [0.717, 1.165) is 51.6 Å². The lowest BCUT2D eigenvalue weighted by atomic mass is 9.90. The normalized spacial score (nSPS) is 36.6. The standard InChI is InChI=1S/C21H34O6/c22-21(25-13-16-6-8-18-20(11-16)27-18)4-2-1-3-9-23-14-24-12-15-5-7-17-19(10-15)26-17/h15-20H,1-14H2. The monoisotopic (exact) mass is 382 g/mol. The predicted molar refractivity (Wildman–Crippen MR) is 98.2 cm³/mol. The smallest absolute Gasteiger partial charge is 0.305 e. The number of hydrogen-bond donors (Lipinski definition) is 0. The van der Waals surface area contributed by atoms with Crippen molar-refractivity contribution in [2.75, 3.05) is 26.6 Å². The van der Waals surface area contributed by atoms with Gasteiger partial charge in [0.05, 0.1) is 37.6 Å². The molecule has 4 fully saturated rings. The highest BCUT2D eigenvalue weighted by Gasteiger charge is 2.44. The number of carbonyl (C=O) groups excluding carboxylic acids is 1. The Balaban J connectivity index is 0.909. The number of ether oxygens (including phenoxy) is 5. The molecule has 2 aliphatic heterocycles. The minimum atomic E-state index is -0.0625. The summed E-state index contributed by atoms with van der Waals surface area (Å²) in [5.74, 6) is 1.07. The van der Waals surface area contributed by atoms with Crippen molar-refractivity contribution in [3.05, 3.63) is 0 Å². The summed E-state index contributed by atoms with van der Waals surface area (Å²) in [6, 6.07) is 0. The number of esters is 1. The molecule has 2 saturated carbocycles. The van der Waals surface area contributed by atoms with Crippen molar-refractivity contribution >= 4 is 5.97 Å². The van der Waals surface area contributed by atoms with Crippen molar-refractivity contribution < 1.29 is 28.5 Å². The molecule has 4 aliphatic rings. The van der Waals surface area contributed by atoms with Gasteiger partial charge in [0.15, 0.2) is 0 Å². The van der Waals surface area contributed by atoms with Gasteiger partial charge in [-0.1, -0.05) is 6.42 Å². The number of unbranched alkanes of at least 4 members (excludes halogenated alkanes) is 2. The van der Waals surface area contributed by atoms with Gasteiger partial charge in [0, 0.05) is 13.0 Å². The summed E-state index contributed by atoms with van der Waals surface area (Å²) in [4.78, 5) is 11.8. The van der Waals surface area contributed by atoms with E-state index in [1.54, 1.807) is 0 Å². The average Bonchev–Trinajstić information content (AvgIpc) is 3.58. The second-order valence-corrected chi connectivity index (χ2v) is 8.67. The molecule has 27 heavy (non-hydrogen) atoms. The van der Waals surface area contributed by atoms with Crippen LogP contribution in [0.2, 0.25) is 0 Å². The van der Waals surface area contributed by atoms with Gasteiger partial charge in [-0.2, -0.15) is 0 Å². The van der Waals surface area contributed by atoms with Gasteiger partial charge in [-0.25, -0.2) is 0 Å². The van der Waals surface area contributed by atoms with Crippen molar-refractivity contribution in [2.45, 2.75) is 88.6 Å². The Morgan fingerprint density at radius 2 is 1.48 bits per heavy atom. The quantitative estimate of drug-likeness (QED) is 0.223. The first kappa shape index (κ1) is 19.6. The summed E-state index contributed by atoms with van der Waals surface area (Å²) in [7, 11) is 0. The lowest BCUT2D eigenvalue weighted by molar-refractivity contribution is -0.145. The van der Waals surface area contributed by atoms with Crippen LogP contribution in [0.15, 0.2) is 0 Å². The second-order valence-electron chi connectivity index (χ2n) is 8.67. The summed E-state index contributed by atoms with van der Waals surface area (Å²) in [6.45, 7) is 2.42. The van der Waals surface area contributed by atoms with Crippen molar-refractivity contribution in [2.24, 2.45) is 11.8 Å². The van der Waals surface area contributed by atoms with E-state index in [1.165, 1.54) is 12.8 Å². The minimum Gasteiger partial charge on any atom is -0.465 e. The zero-order valence-corrected chi connectivity index (χ0v) is 16.3. The molecule has 0 aromatic heterocycles. The number of hydrogen-bond acceptors (Lipinski definition) is 6. The fraction of sp³-hybridized carbons (Fsp3) is 0.952. The third-order valence-electron chi connectivity index (χ3n) is 6.40. The first-order valence-corrected chi connectivity index (χ1v) is 10.9. The molecule has 0 aromatic rings. The lowest BCUT2D eigenvalue weighted by Crippen LogP contribution is -2.20. The van der Waals surface area contributed by atoms with Gasteiger partial charge in [-0.05, 0) is 63.2 Å². The van der Waals surface area contributed by atoms with Crippen molar-refractivity contribution in [1.29, 1.82) is 0 Å². The summed E-state index contributed by atoms with van der Waals surface area (Å²) in [5.41, 5.74) is 0. The van der Waals surface area contributed by atoms with Crippen LogP contribution in [-0.4, -0.2) is 57.0 Å². The number of carbonyl (C=O) groups is 1. The molecule has 2 heterocycles. The van der Waals surface area contributed by atoms with Crippen LogP contribution in [0.5, 0.6) is 0 Å². The largest absolute Gasteiger partial charge is 0.465 e. The molecule has 2 saturated heterocycles. The molecular formula is C21H34O6. The third-order valence-corrected chi connectivity index (χ3v) is 6.40. The molecule has 6 unspecified atom stereocenters. The van der Waals surface area contributed by atoms with Crippen LogP contribution in [0.1, 0.15) is 64.2 Å². The van der Waals surface area contributed by atoms with Gasteiger partial charge in [-0.3, -0.25) is 4.79 Å². The van der Waals surface area contributed by atoms with Gasteiger partial charge in [-0.15, -0.1) is 0 Å². The SMILES string of the molecule is O=C(CCCCCOCOCC1CCC2OC2C1)OCC1CCC2OC2C1. The molecule has 6 nitrogen and oxygen atoms in total. The van der Waals surface area contributed by atoms with Gasteiger partial charge < -0.3 is 23.7 Å². The van der Waals surface area contributed by atoms with Crippen LogP contribution < -0.4 is 0 Å². The highest BCUT2D eigenvalue weighted by Crippen LogP contribution is 2.40. The van der Waals surface area contributed by atoms with E-state index in [4.69, 9.17) is 23.7 Å². The summed E-state index contributed by atoms with van der Waals surface area (Å²) >= 11 is 0. The minimum absolute atomic E-state index is 0.0625. The van der Waals surface area contributed by atoms with E-state index in [-0.39, 0.29) is 5.97 Å². The van der Waals surface area contributed by atoms with Crippen LogP contribution in [0, 0.1) is 11.8 Å². The van der Waals surface area contributed by atoms with E-state index < -0.39 is 0 Å². The summed E-state index contributed by atoms with van der Waals surface area (Å²) < 4.78 is 27.6. The molecule has 6 atom stereocenters.